The van der Waals surface area contributed by atoms with Crippen LogP contribution in [-0.4, -0.2) is 70.8 Å². The summed E-state index contributed by atoms with van der Waals surface area (Å²) < 4.78 is 14.0. The van der Waals surface area contributed by atoms with E-state index >= 15 is 0 Å². The topological polar surface area (TPSA) is 154 Å². The molecule has 2 aliphatic heterocycles. The molecule has 2 aliphatic rings. The number of aliphatic carboxylic acids is 2. The van der Waals surface area contributed by atoms with E-state index in [9.17, 15) is 33.8 Å². The zero-order valence-electron chi connectivity index (χ0n) is 31.2. The molecule has 2 saturated heterocycles. The molecule has 298 valence electrons. The first-order chi connectivity index (χ1) is 28.5. The minimum absolute atomic E-state index is 0.157. The normalized spacial score (nSPS) is 18.5. The van der Waals surface area contributed by atoms with Crippen LogP contribution in [0.3, 0.4) is 0 Å². The molecule has 4 aromatic carbocycles. The van der Waals surface area contributed by atoms with Crippen molar-refractivity contribution in [2.75, 3.05) is 0 Å². The van der Waals surface area contributed by atoms with E-state index in [0.29, 0.717) is 58.2 Å². The van der Waals surface area contributed by atoms with Gasteiger partial charge >= 0.3 is 11.9 Å². The number of halogens is 3. The zero-order valence-corrected chi connectivity index (χ0v) is 32.7. The van der Waals surface area contributed by atoms with Crippen LogP contribution in [0.5, 0.6) is 0 Å². The van der Waals surface area contributed by atoms with Gasteiger partial charge in [0.1, 0.15) is 29.9 Å². The number of nitrogens with zero attached hydrogens (tertiary/aromatic N) is 5. The molecule has 0 aliphatic carbocycles. The second-order valence-electron chi connectivity index (χ2n) is 13.9. The predicted octanol–water partition coefficient (Wildman–Crippen LogP) is 9.20. The molecule has 4 atom stereocenters. The van der Waals surface area contributed by atoms with Gasteiger partial charge in [0, 0.05) is 27.4 Å². The van der Waals surface area contributed by atoms with Crippen LogP contribution >= 0.6 is 23.2 Å². The van der Waals surface area contributed by atoms with Crippen molar-refractivity contribution < 1.29 is 33.8 Å². The highest BCUT2D eigenvalue weighted by molar-refractivity contribution is 6.31. The van der Waals surface area contributed by atoms with E-state index in [1.165, 1.54) is 34.5 Å². The van der Waals surface area contributed by atoms with Crippen molar-refractivity contribution in [1.82, 2.24) is 24.8 Å². The van der Waals surface area contributed by atoms with Gasteiger partial charge in [-0.1, -0.05) is 102 Å². The average molecular weight is 833 g/mol. The number of carboxylic acid groups (broad SMARTS) is 2. The fraction of sp³-hybridized carbons (Fsp3) is 0.178. The van der Waals surface area contributed by atoms with Gasteiger partial charge in [0.05, 0.1) is 29.0 Å². The molecule has 0 spiro atoms. The van der Waals surface area contributed by atoms with Crippen LogP contribution in [0.25, 0.3) is 22.5 Å². The van der Waals surface area contributed by atoms with E-state index in [1.807, 2.05) is 48.5 Å². The quantitative estimate of drug-likeness (QED) is 0.153. The maximum atomic E-state index is 14.0. The second-order valence-corrected chi connectivity index (χ2v) is 14.7. The second kappa shape index (κ2) is 18.0. The van der Waals surface area contributed by atoms with Gasteiger partial charge in [0.15, 0.2) is 0 Å². The van der Waals surface area contributed by atoms with Crippen molar-refractivity contribution in [3.8, 4) is 22.5 Å². The van der Waals surface area contributed by atoms with Crippen molar-refractivity contribution in [3.63, 3.8) is 0 Å². The number of carboxylic acids is 2. The molecular weight excluding hydrogens is 796 g/mol. The Hall–Kier alpha value is -6.50. The SMILES string of the molecule is O=C(O)[C@@H]1CC[C@H](c2ccccc2Cl)N1C(=O)c1cc(-c2ccccc2)ncn1.O=C(O)[C@@H]1CC[C@H](c2ccccc2Cl)N1C(=O)c1ccc(-c2ccccc2F)nc1. The molecular formula is C45H36Cl2FN5O6. The Morgan fingerprint density at radius 1 is 0.593 bits per heavy atom. The Labute approximate surface area is 348 Å². The van der Waals surface area contributed by atoms with E-state index in [0.717, 1.165) is 11.1 Å². The van der Waals surface area contributed by atoms with E-state index in [4.69, 9.17) is 23.2 Å². The minimum Gasteiger partial charge on any atom is -0.480 e. The summed E-state index contributed by atoms with van der Waals surface area (Å²) >= 11 is 12.7. The van der Waals surface area contributed by atoms with Gasteiger partial charge in [-0.3, -0.25) is 14.6 Å². The highest BCUT2D eigenvalue weighted by atomic mass is 35.5. The van der Waals surface area contributed by atoms with Crippen LogP contribution in [0.4, 0.5) is 4.39 Å². The van der Waals surface area contributed by atoms with Crippen LogP contribution in [0.1, 0.15) is 69.7 Å². The molecule has 6 aromatic rings. The smallest absolute Gasteiger partial charge is 0.326 e. The predicted molar refractivity (Wildman–Crippen MR) is 219 cm³/mol. The molecule has 0 bridgehead atoms. The molecule has 59 heavy (non-hydrogen) atoms. The van der Waals surface area contributed by atoms with Gasteiger partial charge in [-0.05, 0) is 79.3 Å². The Balaban J connectivity index is 0.000000179. The Bertz CT molecular complexity index is 2510. The molecule has 0 radical (unpaired) electrons. The molecule has 11 nitrogen and oxygen atoms in total. The number of aromatic nitrogens is 3. The number of carbonyl (C=O) groups is 4. The van der Waals surface area contributed by atoms with Gasteiger partial charge in [0.25, 0.3) is 11.8 Å². The molecule has 0 unspecified atom stereocenters. The molecule has 2 fully saturated rings. The summed E-state index contributed by atoms with van der Waals surface area (Å²) in [4.78, 5) is 65.6. The fourth-order valence-corrected chi connectivity index (χ4v) is 8.17. The Morgan fingerprint density at radius 2 is 1.14 bits per heavy atom. The first-order valence-corrected chi connectivity index (χ1v) is 19.5. The number of rotatable bonds is 8. The van der Waals surface area contributed by atoms with Crippen molar-refractivity contribution in [3.05, 3.63) is 172 Å². The summed E-state index contributed by atoms with van der Waals surface area (Å²) in [6.45, 7) is 0. The van der Waals surface area contributed by atoms with Gasteiger partial charge < -0.3 is 20.0 Å². The summed E-state index contributed by atoms with van der Waals surface area (Å²) in [6, 6.07) is 31.9. The molecule has 14 heteroatoms. The van der Waals surface area contributed by atoms with Gasteiger partial charge in [-0.25, -0.2) is 23.9 Å². The summed E-state index contributed by atoms with van der Waals surface area (Å²) in [7, 11) is 0. The third-order valence-corrected chi connectivity index (χ3v) is 11.1. The maximum absolute atomic E-state index is 14.0. The fourth-order valence-electron chi connectivity index (χ4n) is 7.65. The average Bonchev–Trinajstić information content (AvgIpc) is 3.91. The number of pyridine rings is 1. The highest BCUT2D eigenvalue weighted by Crippen LogP contribution is 2.41. The molecule has 2 amide bonds. The summed E-state index contributed by atoms with van der Waals surface area (Å²) in [6.07, 6.45) is 4.37. The van der Waals surface area contributed by atoms with E-state index < -0.39 is 53.7 Å². The van der Waals surface area contributed by atoms with Crippen LogP contribution in [0, 0.1) is 5.82 Å². The number of likely N-dealkylation sites (tertiary alicyclic amines) is 2. The largest absolute Gasteiger partial charge is 0.480 e. The van der Waals surface area contributed by atoms with Crippen molar-refractivity contribution in [2.24, 2.45) is 0 Å². The van der Waals surface area contributed by atoms with E-state index in [1.54, 1.807) is 60.7 Å². The van der Waals surface area contributed by atoms with Gasteiger partial charge in [-0.15, -0.1) is 0 Å². The Morgan fingerprint density at radius 3 is 1.68 bits per heavy atom. The van der Waals surface area contributed by atoms with Crippen molar-refractivity contribution >= 4 is 47.0 Å². The first-order valence-electron chi connectivity index (χ1n) is 18.7. The van der Waals surface area contributed by atoms with Gasteiger partial charge in [-0.2, -0.15) is 0 Å². The van der Waals surface area contributed by atoms with Gasteiger partial charge in [0.2, 0.25) is 0 Å². The van der Waals surface area contributed by atoms with Crippen LogP contribution in [0.2, 0.25) is 10.0 Å². The number of amides is 2. The molecule has 8 rings (SSSR count). The van der Waals surface area contributed by atoms with Crippen LogP contribution in [-0.2, 0) is 9.59 Å². The van der Waals surface area contributed by atoms with E-state index in [2.05, 4.69) is 15.0 Å². The maximum Gasteiger partial charge on any atom is 0.326 e. The lowest BCUT2D eigenvalue weighted by molar-refractivity contribution is -0.142. The molecule has 0 saturated carbocycles. The number of hydrogen-bond donors (Lipinski definition) is 2. The summed E-state index contributed by atoms with van der Waals surface area (Å²) in [5.74, 6) is -3.40. The number of benzene rings is 4. The monoisotopic (exact) mass is 831 g/mol. The number of hydrogen-bond acceptors (Lipinski definition) is 7. The van der Waals surface area contributed by atoms with Crippen molar-refractivity contribution in [1.29, 1.82) is 0 Å². The van der Waals surface area contributed by atoms with Crippen LogP contribution < -0.4 is 0 Å². The number of carbonyl (C=O) groups excluding carboxylic acids is 2. The van der Waals surface area contributed by atoms with E-state index in [-0.39, 0.29) is 11.3 Å². The lowest BCUT2D eigenvalue weighted by atomic mass is 10.0. The highest BCUT2D eigenvalue weighted by Gasteiger charge is 2.44. The summed E-state index contributed by atoms with van der Waals surface area (Å²) in [5, 5.41) is 20.3. The third kappa shape index (κ3) is 8.69. The Kier molecular flexibility index (Phi) is 12.4. The molecule has 4 heterocycles. The first kappa shape index (κ1) is 40.7. The molecule has 2 aromatic heterocycles. The lowest BCUT2D eigenvalue weighted by Gasteiger charge is -2.29. The van der Waals surface area contributed by atoms with Crippen molar-refractivity contribution in [2.45, 2.75) is 49.9 Å². The lowest BCUT2D eigenvalue weighted by Crippen LogP contribution is -2.42. The zero-order chi connectivity index (χ0) is 41.6. The summed E-state index contributed by atoms with van der Waals surface area (Å²) in [5.41, 5.74) is 4.02. The standard InChI is InChI=1S/C23H18ClFN2O3.C22H18ClN3O3/c24-17-7-3-1-5-15(17)20-11-12-21(23(29)30)27(20)22(28)14-9-10-19(26-13-14)16-6-2-4-8-18(16)25;23-16-9-5-4-8-15(16)19-10-11-20(22(28)29)26(19)21(27)18-12-17(24-13-25-18)14-6-2-1-3-7-14/h1-10,13,20-21H,11-12H2,(H,29,30);1-9,12-13,19-20H,10-11H2,(H,28,29)/t20-,21+;19-,20+/m11/s1. The minimum atomic E-state index is -1.06. The van der Waals surface area contributed by atoms with Crippen LogP contribution in [0.15, 0.2) is 134 Å². The third-order valence-electron chi connectivity index (χ3n) is 10.5. The molecule has 2 N–H and O–H groups in total.